The second kappa shape index (κ2) is 6.23. The third-order valence-electron chi connectivity index (χ3n) is 2.81. The molecule has 1 aromatic heterocycles. The number of hydrogen-bond donors (Lipinski definition) is 1. The maximum Gasteiger partial charge on any atom is 0.417 e. The highest BCUT2D eigenvalue weighted by Crippen LogP contribution is 2.29. The SMILES string of the molecule is CC(C)[S+]([O-])C(C)(C)C(=O)Nc1ccc(C(F)(F)F)cn1. The van der Waals surface area contributed by atoms with Crippen LogP contribution in [-0.2, 0) is 22.1 Å². The molecule has 118 valence electrons. The summed E-state index contributed by atoms with van der Waals surface area (Å²) in [6.07, 6.45) is -3.84. The van der Waals surface area contributed by atoms with Crippen LogP contribution >= 0.6 is 0 Å². The average molecular weight is 322 g/mol. The Morgan fingerprint density at radius 3 is 2.29 bits per heavy atom. The van der Waals surface area contributed by atoms with E-state index < -0.39 is 33.6 Å². The van der Waals surface area contributed by atoms with Crippen molar-refractivity contribution in [2.45, 2.75) is 43.9 Å². The molecular formula is C13H17F3N2O2S. The number of amides is 1. The fourth-order valence-corrected chi connectivity index (χ4v) is 3.00. The minimum atomic E-state index is -4.48. The number of halogens is 3. The van der Waals surface area contributed by atoms with Gasteiger partial charge in [0.25, 0.3) is 5.91 Å². The molecule has 1 aromatic rings. The van der Waals surface area contributed by atoms with Crippen LogP contribution in [0.3, 0.4) is 0 Å². The third kappa shape index (κ3) is 4.34. The van der Waals surface area contributed by atoms with Gasteiger partial charge in [-0.05, 0) is 51.0 Å². The highest BCUT2D eigenvalue weighted by molar-refractivity contribution is 7.94. The largest absolute Gasteiger partial charge is 0.615 e. The van der Waals surface area contributed by atoms with Gasteiger partial charge in [0.15, 0.2) is 4.75 Å². The monoisotopic (exact) mass is 322 g/mol. The molecule has 4 nitrogen and oxygen atoms in total. The van der Waals surface area contributed by atoms with Crippen molar-refractivity contribution in [2.24, 2.45) is 0 Å². The Hall–Kier alpha value is -1.28. The summed E-state index contributed by atoms with van der Waals surface area (Å²) >= 11 is -1.42. The molecule has 0 saturated heterocycles. The standard InChI is InChI=1S/C13H17F3N2O2S/c1-8(2)21(20)12(3,4)11(19)18-10-6-5-9(7-17-10)13(14,15)16/h5-8H,1-4H3,(H,17,18,19). The Morgan fingerprint density at radius 2 is 1.90 bits per heavy atom. The smallest absolute Gasteiger partial charge is 0.417 e. The van der Waals surface area contributed by atoms with Crippen LogP contribution < -0.4 is 5.32 Å². The molecule has 1 heterocycles. The molecule has 0 fully saturated rings. The minimum Gasteiger partial charge on any atom is -0.615 e. The molecule has 1 atom stereocenters. The van der Waals surface area contributed by atoms with E-state index in [1.165, 1.54) is 13.8 Å². The molecule has 0 saturated carbocycles. The number of rotatable bonds is 4. The van der Waals surface area contributed by atoms with Gasteiger partial charge < -0.3 is 9.87 Å². The maximum atomic E-state index is 12.4. The topological polar surface area (TPSA) is 65.0 Å². The van der Waals surface area contributed by atoms with E-state index in [1.807, 2.05) is 0 Å². The Kier molecular flexibility index (Phi) is 5.27. The van der Waals surface area contributed by atoms with Gasteiger partial charge in [-0.3, -0.25) is 4.79 Å². The van der Waals surface area contributed by atoms with Crippen LogP contribution in [0.15, 0.2) is 18.3 Å². The van der Waals surface area contributed by atoms with E-state index in [1.54, 1.807) is 13.8 Å². The van der Waals surface area contributed by atoms with Crippen molar-refractivity contribution < 1.29 is 22.5 Å². The lowest BCUT2D eigenvalue weighted by atomic mass is 10.2. The number of anilines is 1. The molecule has 0 aliphatic rings. The van der Waals surface area contributed by atoms with Crippen LogP contribution in [0.5, 0.6) is 0 Å². The zero-order valence-corrected chi connectivity index (χ0v) is 12.9. The molecule has 1 rings (SSSR count). The summed E-state index contributed by atoms with van der Waals surface area (Å²) in [5.41, 5.74) is -0.898. The molecular weight excluding hydrogens is 305 g/mol. The lowest BCUT2D eigenvalue weighted by Gasteiger charge is -2.29. The molecule has 0 aromatic carbocycles. The van der Waals surface area contributed by atoms with Crippen molar-refractivity contribution in [3.63, 3.8) is 0 Å². The summed E-state index contributed by atoms with van der Waals surface area (Å²) in [5, 5.41) is 2.17. The van der Waals surface area contributed by atoms with Crippen molar-refractivity contribution >= 4 is 22.9 Å². The van der Waals surface area contributed by atoms with Gasteiger partial charge in [-0.15, -0.1) is 0 Å². The number of nitrogens with one attached hydrogen (secondary N) is 1. The first-order chi connectivity index (χ1) is 9.46. The second-order valence-corrected chi connectivity index (χ2v) is 7.80. The normalized spacial score (nSPS) is 14.1. The molecule has 0 bridgehead atoms. The Bertz CT molecular complexity index is 501. The first-order valence-electron chi connectivity index (χ1n) is 6.21. The number of nitrogens with zero attached hydrogens (tertiary/aromatic N) is 1. The molecule has 1 N–H and O–H groups in total. The predicted octanol–water partition coefficient (Wildman–Crippen LogP) is 2.97. The molecule has 0 spiro atoms. The fourth-order valence-electron chi connectivity index (χ4n) is 1.58. The van der Waals surface area contributed by atoms with Crippen molar-refractivity contribution in [1.82, 2.24) is 4.98 Å². The van der Waals surface area contributed by atoms with Gasteiger partial charge in [-0.1, -0.05) is 0 Å². The third-order valence-corrected chi connectivity index (χ3v) is 4.86. The van der Waals surface area contributed by atoms with Crippen LogP contribution in [0.4, 0.5) is 19.0 Å². The van der Waals surface area contributed by atoms with Crippen LogP contribution in [0.25, 0.3) is 0 Å². The second-order valence-electron chi connectivity index (χ2n) is 5.24. The highest BCUT2D eigenvalue weighted by atomic mass is 32.2. The van der Waals surface area contributed by atoms with Gasteiger partial charge >= 0.3 is 6.18 Å². The summed E-state index contributed by atoms with van der Waals surface area (Å²) in [6.45, 7) is 6.48. The van der Waals surface area contributed by atoms with E-state index in [2.05, 4.69) is 10.3 Å². The highest BCUT2D eigenvalue weighted by Gasteiger charge is 2.42. The van der Waals surface area contributed by atoms with Gasteiger partial charge in [-0.2, -0.15) is 13.2 Å². The van der Waals surface area contributed by atoms with E-state index in [-0.39, 0.29) is 11.1 Å². The molecule has 21 heavy (non-hydrogen) atoms. The lowest BCUT2D eigenvalue weighted by molar-refractivity contribution is -0.137. The predicted molar refractivity (Wildman–Crippen MR) is 75.2 cm³/mol. The Morgan fingerprint density at radius 1 is 1.33 bits per heavy atom. The van der Waals surface area contributed by atoms with Crippen molar-refractivity contribution in [3.8, 4) is 0 Å². The van der Waals surface area contributed by atoms with E-state index in [0.717, 1.165) is 12.1 Å². The van der Waals surface area contributed by atoms with E-state index in [4.69, 9.17) is 0 Å². The van der Waals surface area contributed by atoms with Gasteiger partial charge in [0.05, 0.1) is 5.56 Å². The number of aromatic nitrogens is 1. The van der Waals surface area contributed by atoms with Crippen LogP contribution in [0, 0.1) is 0 Å². The number of carbonyl (C=O) groups is 1. The maximum absolute atomic E-state index is 12.4. The zero-order valence-electron chi connectivity index (χ0n) is 12.1. The number of pyridine rings is 1. The summed E-state index contributed by atoms with van der Waals surface area (Å²) in [4.78, 5) is 15.6. The lowest BCUT2D eigenvalue weighted by Crippen LogP contribution is -2.47. The molecule has 0 radical (unpaired) electrons. The van der Waals surface area contributed by atoms with Crippen LogP contribution in [0.1, 0.15) is 33.3 Å². The van der Waals surface area contributed by atoms with Crippen molar-refractivity contribution in [1.29, 1.82) is 0 Å². The first kappa shape index (κ1) is 17.8. The molecule has 0 aliphatic carbocycles. The van der Waals surface area contributed by atoms with Gasteiger partial charge in [-0.25, -0.2) is 4.98 Å². The Labute approximate surface area is 124 Å². The summed E-state index contributed by atoms with van der Waals surface area (Å²) < 4.78 is 48.1. The van der Waals surface area contributed by atoms with E-state index in [0.29, 0.717) is 6.20 Å². The number of hydrogen-bond acceptors (Lipinski definition) is 3. The fraction of sp³-hybridized carbons (Fsp3) is 0.538. The van der Waals surface area contributed by atoms with Crippen molar-refractivity contribution in [3.05, 3.63) is 23.9 Å². The molecule has 8 heteroatoms. The summed E-state index contributed by atoms with van der Waals surface area (Å²) in [5.74, 6) is -0.566. The summed E-state index contributed by atoms with van der Waals surface area (Å²) in [6, 6.07) is 1.89. The van der Waals surface area contributed by atoms with Crippen LogP contribution in [-0.4, -0.2) is 25.4 Å². The van der Waals surface area contributed by atoms with Crippen LogP contribution in [0.2, 0.25) is 0 Å². The zero-order chi connectivity index (χ0) is 16.4. The van der Waals surface area contributed by atoms with Gasteiger partial charge in [0, 0.05) is 6.20 Å². The number of carbonyl (C=O) groups excluding carboxylic acids is 1. The van der Waals surface area contributed by atoms with Gasteiger partial charge in [0.1, 0.15) is 11.1 Å². The molecule has 1 amide bonds. The molecule has 1 unspecified atom stereocenters. The number of alkyl halides is 3. The first-order valence-corrected chi connectivity index (χ1v) is 7.43. The quantitative estimate of drug-likeness (QED) is 0.867. The van der Waals surface area contributed by atoms with E-state index >= 15 is 0 Å². The average Bonchev–Trinajstić information content (AvgIpc) is 2.37. The minimum absolute atomic E-state index is 0.0122. The molecule has 0 aliphatic heterocycles. The van der Waals surface area contributed by atoms with E-state index in [9.17, 15) is 22.5 Å². The Balaban J connectivity index is 2.84. The van der Waals surface area contributed by atoms with Gasteiger partial charge in [0.2, 0.25) is 0 Å². The van der Waals surface area contributed by atoms with Crippen molar-refractivity contribution in [2.75, 3.05) is 5.32 Å². The summed E-state index contributed by atoms with van der Waals surface area (Å²) in [7, 11) is 0.